The number of carbonyl (C=O) groups excluding carboxylic acids is 2. The maximum atomic E-state index is 12.3. The first-order valence-electron chi connectivity index (χ1n) is 7.94. The smallest absolute Gasteiger partial charge is 0.200 e. The number of allylic oxidation sites excluding steroid dienone is 5. The molecule has 2 aromatic rings. The second kappa shape index (κ2) is 5.91. The van der Waals surface area contributed by atoms with E-state index in [1.807, 2.05) is 36.2 Å². The van der Waals surface area contributed by atoms with Crippen molar-refractivity contribution in [3.8, 4) is 5.75 Å². The van der Waals surface area contributed by atoms with Crippen LogP contribution in [-0.4, -0.2) is 18.6 Å². The molecule has 4 heteroatoms. The molecule has 1 aliphatic heterocycles. The molecule has 2 aromatic carbocycles. The number of benzene rings is 2. The molecule has 0 amide bonds. The van der Waals surface area contributed by atoms with Crippen LogP contribution in [-0.2, 0) is 0 Å². The molecule has 4 rings (SSSR count). The van der Waals surface area contributed by atoms with E-state index >= 15 is 0 Å². The summed E-state index contributed by atoms with van der Waals surface area (Å²) in [5.74, 6) is 1.04. The minimum Gasteiger partial charge on any atom is -0.439 e. The standard InChI is InChI=1S/C21H15NO3/c1-22-17-11-5-6-12-18(17)25-19(22)13-7-4-10-16-20(23)14-8-2-3-9-15(14)21(16)24/h2-13H,1H3/b7-4+,19-13+. The summed E-state index contributed by atoms with van der Waals surface area (Å²) in [6.45, 7) is 0. The van der Waals surface area contributed by atoms with Gasteiger partial charge in [-0.1, -0.05) is 48.6 Å². The number of hydrogen-bond donors (Lipinski definition) is 0. The van der Waals surface area contributed by atoms with Crippen molar-refractivity contribution in [2.45, 2.75) is 0 Å². The molecule has 0 bridgehead atoms. The van der Waals surface area contributed by atoms with Gasteiger partial charge < -0.3 is 9.64 Å². The summed E-state index contributed by atoms with van der Waals surface area (Å²) in [6.07, 6.45) is 6.80. The Hall–Kier alpha value is -3.40. The molecule has 25 heavy (non-hydrogen) atoms. The Balaban J connectivity index is 1.54. The van der Waals surface area contributed by atoms with Crippen LogP contribution in [0.15, 0.2) is 84.3 Å². The lowest BCUT2D eigenvalue weighted by molar-refractivity contribution is 0.0989. The number of anilines is 1. The van der Waals surface area contributed by atoms with Crippen LogP contribution in [0.2, 0.25) is 0 Å². The summed E-state index contributed by atoms with van der Waals surface area (Å²) < 4.78 is 5.77. The zero-order valence-electron chi connectivity index (χ0n) is 13.6. The van der Waals surface area contributed by atoms with Crippen LogP contribution in [0.5, 0.6) is 5.75 Å². The van der Waals surface area contributed by atoms with Gasteiger partial charge in [-0.25, -0.2) is 0 Å². The van der Waals surface area contributed by atoms with Gasteiger partial charge in [0.1, 0.15) is 0 Å². The number of rotatable bonds is 2. The van der Waals surface area contributed by atoms with E-state index in [0.717, 1.165) is 11.4 Å². The highest BCUT2D eigenvalue weighted by atomic mass is 16.5. The topological polar surface area (TPSA) is 46.6 Å². The molecular weight excluding hydrogens is 314 g/mol. The van der Waals surface area contributed by atoms with E-state index in [4.69, 9.17) is 4.74 Å². The molecular formula is C21H15NO3. The Morgan fingerprint density at radius 1 is 0.840 bits per heavy atom. The van der Waals surface area contributed by atoms with E-state index in [9.17, 15) is 9.59 Å². The number of para-hydroxylation sites is 2. The van der Waals surface area contributed by atoms with E-state index in [0.29, 0.717) is 17.0 Å². The van der Waals surface area contributed by atoms with Crippen molar-refractivity contribution in [1.82, 2.24) is 0 Å². The Bertz CT molecular complexity index is 945. The number of ether oxygens (including phenoxy) is 1. The van der Waals surface area contributed by atoms with Gasteiger partial charge in [0.2, 0.25) is 0 Å². The summed E-state index contributed by atoms with van der Waals surface area (Å²) in [5, 5.41) is 0. The van der Waals surface area contributed by atoms with Gasteiger partial charge in [-0.05, 0) is 24.3 Å². The van der Waals surface area contributed by atoms with E-state index in [-0.39, 0.29) is 17.1 Å². The van der Waals surface area contributed by atoms with Gasteiger partial charge in [0, 0.05) is 18.2 Å². The molecule has 0 radical (unpaired) electrons. The third-order valence-corrected chi connectivity index (χ3v) is 4.29. The number of ketones is 2. The minimum atomic E-state index is -0.223. The van der Waals surface area contributed by atoms with Crippen molar-refractivity contribution < 1.29 is 14.3 Å². The van der Waals surface area contributed by atoms with Crippen molar-refractivity contribution >= 4 is 17.3 Å². The van der Waals surface area contributed by atoms with Gasteiger partial charge in [-0.15, -0.1) is 0 Å². The Kier molecular flexibility index (Phi) is 3.58. The van der Waals surface area contributed by atoms with Crippen molar-refractivity contribution in [2.75, 3.05) is 11.9 Å². The number of fused-ring (bicyclic) bond motifs is 2. The monoisotopic (exact) mass is 329 g/mol. The van der Waals surface area contributed by atoms with E-state index in [2.05, 4.69) is 0 Å². The van der Waals surface area contributed by atoms with Crippen LogP contribution in [0.3, 0.4) is 0 Å². The van der Waals surface area contributed by atoms with Crippen molar-refractivity contribution in [3.63, 3.8) is 0 Å². The van der Waals surface area contributed by atoms with Gasteiger partial charge in [0.25, 0.3) is 0 Å². The van der Waals surface area contributed by atoms with E-state index in [1.165, 1.54) is 0 Å². The fraction of sp³-hybridized carbons (Fsp3) is 0.0476. The number of Topliss-reactive ketones (excluding diaryl/α,β-unsaturated/α-hetero) is 2. The quantitative estimate of drug-likeness (QED) is 0.619. The first-order chi connectivity index (χ1) is 12.2. The molecule has 0 N–H and O–H groups in total. The minimum absolute atomic E-state index is 0.194. The second-order valence-electron chi connectivity index (χ2n) is 5.80. The Morgan fingerprint density at radius 3 is 2.12 bits per heavy atom. The summed E-state index contributed by atoms with van der Waals surface area (Å²) in [7, 11) is 1.92. The maximum absolute atomic E-state index is 12.3. The third-order valence-electron chi connectivity index (χ3n) is 4.29. The normalized spacial score (nSPS) is 17.2. The number of hydrogen-bond acceptors (Lipinski definition) is 4. The fourth-order valence-electron chi connectivity index (χ4n) is 2.98. The first-order valence-corrected chi connectivity index (χ1v) is 7.94. The molecule has 2 aliphatic rings. The largest absolute Gasteiger partial charge is 0.439 e. The summed E-state index contributed by atoms with van der Waals surface area (Å²) >= 11 is 0. The zero-order chi connectivity index (χ0) is 17.4. The van der Waals surface area contributed by atoms with Crippen molar-refractivity contribution in [3.05, 3.63) is 95.4 Å². The third kappa shape index (κ3) is 2.48. The van der Waals surface area contributed by atoms with E-state index in [1.54, 1.807) is 48.6 Å². The molecule has 0 saturated carbocycles. The highest BCUT2D eigenvalue weighted by molar-refractivity contribution is 6.39. The molecule has 0 atom stereocenters. The maximum Gasteiger partial charge on any atom is 0.200 e. The Labute approximate surface area is 145 Å². The van der Waals surface area contributed by atoms with Crippen LogP contribution >= 0.6 is 0 Å². The number of carbonyl (C=O) groups is 2. The van der Waals surface area contributed by atoms with Crippen LogP contribution in [0.25, 0.3) is 0 Å². The zero-order valence-corrected chi connectivity index (χ0v) is 13.6. The van der Waals surface area contributed by atoms with Crippen LogP contribution in [0, 0.1) is 0 Å². The molecule has 0 spiro atoms. The SMILES string of the molecule is CN1/C(=C\C=C\C=C2C(=O)c3ccccc3C2=O)Oc2ccccc21. The molecule has 1 aliphatic carbocycles. The molecule has 0 saturated heterocycles. The lowest BCUT2D eigenvalue weighted by atomic mass is 10.1. The van der Waals surface area contributed by atoms with Gasteiger partial charge >= 0.3 is 0 Å². The predicted molar refractivity (Wildman–Crippen MR) is 95.9 cm³/mol. The van der Waals surface area contributed by atoms with Crippen LogP contribution < -0.4 is 9.64 Å². The predicted octanol–water partition coefficient (Wildman–Crippen LogP) is 3.92. The van der Waals surface area contributed by atoms with E-state index < -0.39 is 0 Å². The molecule has 1 heterocycles. The van der Waals surface area contributed by atoms with Crippen molar-refractivity contribution in [1.29, 1.82) is 0 Å². The lowest BCUT2D eigenvalue weighted by Gasteiger charge is -2.09. The molecule has 0 fully saturated rings. The van der Waals surface area contributed by atoms with Gasteiger partial charge in [0.15, 0.2) is 23.2 Å². The molecule has 122 valence electrons. The summed E-state index contributed by atoms with van der Waals surface area (Å²) in [6, 6.07) is 14.7. The molecule has 0 unspecified atom stereocenters. The second-order valence-corrected chi connectivity index (χ2v) is 5.80. The average Bonchev–Trinajstić information content (AvgIpc) is 3.08. The highest BCUT2D eigenvalue weighted by Crippen LogP contribution is 2.37. The highest BCUT2D eigenvalue weighted by Gasteiger charge is 2.31. The van der Waals surface area contributed by atoms with Crippen LogP contribution in [0.4, 0.5) is 5.69 Å². The Morgan fingerprint density at radius 2 is 1.44 bits per heavy atom. The van der Waals surface area contributed by atoms with Gasteiger partial charge in [0.05, 0.1) is 11.3 Å². The van der Waals surface area contributed by atoms with Gasteiger partial charge in [-0.3, -0.25) is 9.59 Å². The number of nitrogens with zero attached hydrogens (tertiary/aromatic N) is 1. The summed E-state index contributed by atoms with van der Waals surface area (Å²) in [5.41, 5.74) is 2.14. The lowest BCUT2D eigenvalue weighted by Crippen LogP contribution is -2.12. The molecule has 4 nitrogen and oxygen atoms in total. The first kappa shape index (κ1) is 15.1. The average molecular weight is 329 g/mol. The summed E-state index contributed by atoms with van der Waals surface area (Å²) in [4.78, 5) is 26.5. The van der Waals surface area contributed by atoms with Gasteiger partial charge in [-0.2, -0.15) is 0 Å². The van der Waals surface area contributed by atoms with Crippen molar-refractivity contribution in [2.24, 2.45) is 0 Å². The molecule has 0 aromatic heterocycles. The van der Waals surface area contributed by atoms with Crippen LogP contribution in [0.1, 0.15) is 20.7 Å². The fourth-order valence-corrected chi connectivity index (χ4v) is 2.98.